The summed E-state index contributed by atoms with van der Waals surface area (Å²) >= 11 is 12.3. The normalized spacial score (nSPS) is 27.8. The Kier molecular flexibility index (Phi) is 8.31. The molecule has 3 aliphatic rings. The van der Waals surface area contributed by atoms with E-state index in [9.17, 15) is 15.0 Å². The van der Waals surface area contributed by atoms with E-state index in [0.717, 1.165) is 49.5 Å². The minimum absolute atomic E-state index is 0.0463. The van der Waals surface area contributed by atoms with E-state index in [1.807, 2.05) is 23.1 Å². The highest BCUT2D eigenvalue weighted by molar-refractivity contribution is 6.42. The third kappa shape index (κ3) is 6.01. The van der Waals surface area contributed by atoms with Crippen LogP contribution in [0.3, 0.4) is 0 Å². The number of fused-ring (bicyclic) bond motifs is 1. The van der Waals surface area contributed by atoms with Crippen LogP contribution in [0.1, 0.15) is 57.1 Å². The van der Waals surface area contributed by atoms with E-state index >= 15 is 0 Å². The van der Waals surface area contributed by atoms with Gasteiger partial charge in [0.2, 0.25) is 5.91 Å². The molecule has 1 heterocycles. The monoisotopic (exact) mass is 558 g/mol. The summed E-state index contributed by atoms with van der Waals surface area (Å²) in [5.74, 6) is 1.46. The van der Waals surface area contributed by atoms with E-state index < -0.39 is 6.10 Å². The van der Waals surface area contributed by atoms with Crippen LogP contribution in [-0.2, 0) is 16.6 Å². The van der Waals surface area contributed by atoms with E-state index in [1.165, 1.54) is 12.8 Å². The molecule has 0 radical (unpaired) electrons. The molecule has 3 fully saturated rings. The zero-order valence-corrected chi connectivity index (χ0v) is 24.0. The first-order valence-corrected chi connectivity index (χ1v) is 14.8. The second kappa shape index (κ2) is 11.4. The number of phenolic OH excluding ortho intramolecular Hbond substituents is 1. The molecule has 1 amide bonds. The summed E-state index contributed by atoms with van der Waals surface area (Å²) in [6, 6.07) is 12.9. The summed E-state index contributed by atoms with van der Waals surface area (Å²) in [6.45, 7) is 7.84. The number of aromatic hydroxyl groups is 1. The summed E-state index contributed by atoms with van der Waals surface area (Å²) in [5.41, 5.74) is 1.63. The third-order valence-corrected chi connectivity index (χ3v) is 9.65. The molecule has 0 aromatic heterocycles. The van der Waals surface area contributed by atoms with Crippen molar-refractivity contribution in [1.82, 2.24) is 9.80 Å². The Balaban J connectivity index is 1.44. The fraction of sp³-hybridized carbons (Fsp3) is 0.581. The Morgan fingerprint density at radius 2 is 1.95 bits per heavy atom. The van der Waals surface area contributed by atoms with Crippen molar-refractivity contribution < 1.29 is 15.0 Å². The maximum Gasteiger partial charge on any atom is 0.227 e. The van der Waals surface area contributed by atoms with Crippen molar-refractivity contribution in [2.75, 3.05) is 26.2 Å². The fourth-order valence-electron chi connectivity index (χ4n) is 6.91. The van der Waals surface area contributed by atoms with Crippen molar-refractivity contribution in [2.24, 2.45) is 17.8 Å². The molecule has 1 saturated heterocycles. The van der Waals surface area contributed by atoms with Crippen molar-refractivity contribution in [3.63, 3.8) is 0 Å². The Bertz CT molecular complexity index is 1150. The third-order valence-electron chi connectivity index (χ3n) is 8.91. The SMILES string of the molecule is CC(C)CN(C(=O)Cc1ccc(Cl)c(Cl)c1)C1CC(O)C2CN(CC3CC3)CCC2(c2cccc(O)c2)C1. The van der Waals surface area contributed by atoms with Crippen LogP contribution in [0.4, 0.5) is 0 Å². The van der Waals surface area contributed by atoms with Crippen LogP contribution in [0.5, 0.6) is 5.75 Å². The lowest BCUT2D eigenvalue weighted by Crippen LogP contribution is -2.62. The Morgan fingerprint density at radius 3 is 2.63 bits per heavy atom. The van der Waals surface area contributed by atoms with Gasteiger partial charge in [0.1, 0.15) is 5.75 Å². The molecule has 7 heteroatoms. The van der Waals surface area contributed by atoms with Crippen LogP contribution in [0.25, 0.3) is 0 Å². The van der Waals surface area contributed by atoms with Crippen LogP contribution in [0, 0.1) is 17.8 Å². The van der Waals surface area contributed by atoms with Crippen LogP contribution in [0.15, 0.2) is 42.5 Å². The standard InChI is InChI=1S/C31H40Cl2N2O3/c1-20(2)17-35(30(38)13-22-8-9-27(32)28(33)12-22)24-15-29(37)26-19-34(18-21-6-7-21)11-10-31(26,16-24)23-4-3-5-25(36)14-23/h3-5,8-9,12,14,20-21,24,26,29,36-37H,6-7,10-11,13,15-19H2,1-2H3. The molecular formula is C31H40Cl2N2O3. The molecule has 1 aliphatic heterocycles. The van der Waals surface area contributed by atoms with Gasteiger partial charge < -0.3 is 20.0 Å². The average molecular weight is 560 g/mol. The van der Waals surface area contributed by atoms with Gasteiger partial charge in [0.25, 0.3) is 0 Å². The number of rotatable bonds is 8. The minimum atomic E-state index is -0.523. The maximum absolute atomic E-state index is 13.8. The summed E-state index contributed by atoms with van der Waals surface area (Å²) < 4.78 is 0. The van der Waals surface area contributed by atoms with Gasteiger partial charge in [-0.25, -0.2) is 0 Å². The van der Waals surface area contributed by atoms with Gasteiger partial charge in [-0.05, 0) is 85.9 Å². The lowest BCUT2D eigenvalue weighted by atomic mass is 9.56. The smallest absolute Gasteiger partial charge is 0.227 e. The quantitative estimate of drug-likeness (QED) is 0.422. The van der Waals surface area contributed by atoms with Gasteiger partial charge in [-0.1, -0.05) is 55.2 Å². The average Bonchev–Trinajstić information content (AvgIpc) is 3.69. The number of amides is 1. The molecule has 2 aromatic carbocycles. The molecule has 5 nitrogen and oxygen atoms in total. The highest BCUT2D eigenvalue weighted by atomic mass is 35.5. The predicted octanol–water partition coefficient (Wildman–Crippen LogP) is 5.92. The molecule has 4 atom stereocenters. The maximum atomic E-state index is 13.8. The number of hydrogen-bond donors (Lipinski definition) is 2. The minimum Gasteiger partial charge on any atom is -0.508 e. The largest absolute Gasteiger partial charge is 0.508 e. The van der Waals surface area contributed by atoms with Gasteiger partial charge in [0, 0.05) is 37.0 Å². The van der Waals surface area contributed by atoms with Gasteiger partial charge >= 0.3 is 0 Å². The molecular weight excluding hydrogens is 519 g/mol. The number of hydrogen-bond acceptors (Lipinski definition) is 4. The fourth-order valence-corrected chi connectivity index (χ4v) is 7.23. The van der Waals surface area contributed by atoms with Crippen LogP contribution in [-0.4, -0.2) is 64.2 Å². The van der Waals surface area contributed by atoms with Crippen LogP contribution in [0.2, 0.25) is 10.0 Å². The predicted molar refractivity (Wildman–Crippen MR) is 153 cm³/mol. The number of phenols is 1. The van der Waals surface area contributed by atoms with Crippen molar-refractivity contribution in [1.29, 1.82) is 0 Å². The van der Waals surface area contributed by atoms with Gasteiger partial charge in [-0.15, -0.1) is 0 Å². The van der Waals surface area contributed by atoms with E-state index in [0.29, 0.717) is 28.9 Å². The molecule has 2 aliphatic carbocycles. The zero-order valence-electron chi connectivity index (χ0n) is 22.5. The summed E-state index contributed by atoms with van der Waals surface area (Å²) in [7, 11) is 0. The van der Waals surface area contributed by atoms with Gasteiger partial charge in [-0.2, -0.15) is 0 Å². The van der Waals surface area contributed by atoms with Crippen molar-refractivity contribution >= 4 is 29.1 Å². The Labute approximate surface area is 236 Å². The van der Waals surface area contributed by atoms with Gasteiger partial charge in [-0.3, -0.25) is 4.79 Å². The highest BCUT2D eigenvalue weighted by Crippen LogP contribution is 2.51. The summed E-state index contributed by atoms with van der Waals surface area (Å²) in [6.07, 6.45) is 4.62. The van der Waals surface area contributed by atoms with Crippen LogP contribution >= 0.6 is 23.2 Å². The van der Waals surface area contributed by atoms with E-state index in [1.54, 1.807) is 18.2 Å². The molecule has 2 N–H and O–H groups in total. The number of carbonyl (C=O) groups excluding carboxylic acids is 1. The van der Waals surface area contributed by atoms with E-state index in [-0.39, 0.29) is 35.5 Å². The van der Waals surface area contributed by atoms with Crippen molar-refractivity contribution in [2.45, 2.75) is 69.9 Å². The number of aliphatic hydroxyl groups is 1. The number of likely N-dealkylation sites (tertiary alicyclic amines) is 1. The number of nitrogens with zero attached hydrogens (tertiary/aromatic N) is 2. The zero-order chi connectivity index (χ0) is 27.0. The molecule has 0 spiro atoms. The Morgan fingerprint density at radius 1 is 1.16 bits per heavy atom. The molecule has 2 saturated carbocycles. The molecule has 5 rings (SSSR count). The molecule has 4 unspecified atom stereocenters. The molecule has 206 valence electrons. The van der Waals surface area contributed by atoms with Crippen molar-refractivity contribution in [3.05, 3.63) is 63.6 Å². The molecule has 38 heavy (non-hydrogen) atoms. The number of halogens is 2. The number of aliphatic hydroxyl groups excluding tert-OH is 1. The summed E-state index contributed by atoms with van der Waals surface area (Å²) in [4.78, 5) is 18.3. The molecule has 0 bridgehead atoms. The van der Waals surface area contributed by atoms with Crippen molar-refractivity contribution in [3.8, 4) is 5.75 Å². The number of piperidine rings is 1. The first kappa shape index (κ1) is 27.8. The second-order valence-corrected chi connectivity index (χ2v) is 13.1. The first-order chi connectivity index (χ1) is 18.1. The second-order valence-electron chi connectivity index (χ2n) is 12.3. The molecule has 2 aromatic rings. The lowest BCUT2D eigenvalue weighted by Gasteiger charge is -2.56. The highest BCUT2D eigenvalue weighted by Gasteiger charge is 2.53. The van der Waals surface area contributed by atoms with Gasteiger partial charge in [0.05, 0.1) is 22.6 Å². The van der Waals surface area contributed by atoms with Gasteiger partial charge in [0.15, 0.2) is 0 Å². The Hall–Kier alpha value is -1.79. The van der Waals surface area contributed by atoms with E-state index in [4.69, 9.17) is 23.2 Å². The first-order valence-electron chi connectivity index (χ1n) is 14.1. The van der Waals surface area contributed by atoms with Crippen LogP contribution < -0.4 is 0 Å². The summed E-state index contributed by atoms with van der Waals surface area (Å²) in [5, 5.41) is 23.0. The topological polar surface area (TPSA) is 64.0 Å². The number of benzene rings is 2. The number of carbonyl (C=O) groups is 1. The lowest BCUT2D eigenvalue weighted by molar-refractivity contribution is -0.138. The van der Waals surface area contributed by atoms with E-state index in [2.05, 4.69) is 24.8 Å².